The van der Waals surface area contributed by atoms with Gasteiger partial charge in [-0.15, -0.1) is 0 Å². The summed E-state index contributed by atoms with van der Waals surface area (Å²) in [6.45, 7) is 6.16. The van der Waals surface area contributed by atoms with E-state index in [1.54, 1.807) is 0 Å². The first-order valence-electron chi connectivity index (χ1n) is 8.57. The zero-order valence-corrected chi connectivity index (χ0v) is 18.7. The molecule has 1 heterocycles. The molecule has 130 valence electrons. The quantitative estimate of drug-likeness (QED) is 0.488. The molecule has 1 aliphatic heterocycles. The lowest BCUT2D eigenvalue weighted by Gasteiger charge is -2.66. The summed E-state index contributed by atoms with van der Waals surface area (Å²) >= 11 is 11.5. The molecule has 3 fully saturated rings. The lowest BCUT2D eigenvalue weighted by atomic mass is 9.43. The van der Waals surface area contributed by atoms with Gasteiger partial charge < -0.3 is 4.90 Å². The van der Waals surface area contributed by atoms with Crippen LogP contribution < -0.4 is 0 Å². The van der Waals surface area contributed by atoms with Gasteiger partial charge in [-0.3, -0.25) is 4.79 Å². The summed E-state index contributed by atoms with van der Waals surface area (Å²) in [6, 6.07) is 8.52. The maximum Gasteiger partial charge on any atom is 0.230 e. The van der Waals surface area contributed by atoms with Gasteiger partial charge in [0.05, 0.1) is 9.15 Å². The average molecular weight is 520 g/mol. The van der Waals surface area contributed by atoms with E-state index in [-0.39, 0.29) is 24.8 Å². The van der Waals surface area contributed by atoms with Crippen LogP contribution in [-0.2, 0) is 17.8 Å². The number of halogens is 3. The Kier molecular flexibility index (Phi) is 4.06. The van der Waals surface area contributed by atoms with Crippen LogP contribution in [0.4, 0.5) is 0 Å². The molecule has 3 aliphatic carbocycles. The van der Waals surface area contributed by atoms with Crippen LogP contribution in [0.15, 0.2) is 24.3 Å². The standard InChI is InChI=1S/C19H22Br3NO/c1-17(2)18(15(21)22)8-9-19(17,14(18)20)16(24)23-10-7-12-5-3-4-6-13(12)11-23/h3-6,14-15H,7-11H2,1-2H3/t14-,18+,19+/m1/s1. The molecule has 2 bridgehead atoms. The van der Waals surface area contributed by atoms with Crippen molar-refractivity contribution in [2.24, 2.45) is 16.2 Å². The molecular weight excluding hydrogens is 498 g/mol. The third-order valence-corrected chi connectivity index (χ3v) is 10.5. The van der Waals surface area contributed by atoms with Crippen LogP contribution in [0.3, 0.4) is 0 Å². The first-order chi connectivity index (χ1) is 11.3. The number of rotatable bonds is 2. The van der Waals surface area contributed by atoms with Gasteiger partial charge in [-0.2, -0.15) is 0 Å². The van der Waals surface area contributed by atoms with Crippen molar-refractivity contribution < 1.29 is 4.79 Å². The van der Waals surface area contributed by atoms with Gasteiger partial charge in [0.15, 0.2) is 0 Å². The van der Waals surface area contributed by atoms with Gasteiger partial charge >= 0.3 is 0 Å². The molecule has 1 aromatic rings. The van der Waals surface area contributed by atoms with Crippen molar-refractivity contribution in [3.63, 3.8) is 0 Å². The molecule has 0 N–H and O–H groups in total. The molecule has 24 heavy (non-hydrogen) atoms. The van der Waals surface area contributed by atoms with Crippen LogP contribution in [0, 0.1) is 16.2 Å². The van der Waals surface area contributed by atoms with E-state index in [4.69, 9.17) is 0 Å². The Morgan fingerprint density at radius 2 is 1.88 bits per heavy atom. The summed E-state index contributed by atoms with van der Waals surface area (Å²) in [5.41, 5.74) is 2.49. The van der Waals surface area contributed by atoms with E-state index >= 15 is 0 Å². The van der Waals surface area contributed by atoms with E-state index < -0.39 is 0 Å². The fourth-order valence-corrected chi connectivity index (χ4v) is 10.5. The highest BCUT2D eigenvalue weighted by molar-refractivity contribution is 9.24. The first kappa shape index (κ1) is 17.5. The average Bonchev–Trinajstić information content (AvgIpc) is 3.03. The normalized spacial score (nSPS) is 36.4. The number of alkyl halides is 3. The Morgan fingerprint density at radius 3 is 2.46 bits per heavy atom. The minimum Gasteiger partial charge on any atom is -0.337 e. The fraction of sp³-hybridized carbons (Fsp3) is 0.632. The molecule has 2 nitrogen and oxygen atoms in total. The summed E-state index contributed by atoms with van der Waals surface area (Å²) < 4.78 is 0.224. The van der Waals surface area contributed by atoms with E-state index in [9.17, 15) is 4.79 Å². The number of hydrogen-bond acceptors (Lipinski definition) is 1. The van der Waals surface area contributed by atoms with Crippen molar-refractivity contribution in [2.45, 2.75) is 48.2 Å². The minimum absolute atomic E-state index is 0.0279. The van der Waals surface area contributed by atoms with Crippen LogP contribution in [0.1, 0.15) is 37.8 Å². The zero-order valence-electron chi connectivity index (χ0n) is 14.0. The Morgan fingerprint density at radius 1 is 1.21 bits per heavy atom. The fourth-order valence-electron chi connectivity index (χ4n) is 5.62. The third kappa shape index (κ3) is 1.85. The monoisotopic (exact) mass is 517 g/mol. The number of hydrogen-bond donors (Lipinski definition) is 0. The highest BCUT2D eigenvalue weighted by Gasteiger charge is 2.83. The molecule has 0 aromatic heterocycles. The second-order valence-electron chi connectivity index (χ2n) is 8.05. The number of fused-ring (bicyclic) bond motifs is 2. The van der Waals surface area contributed by atoms with Crippen molar-refractivity contribution in [3.05, 3.63) is 35.4 Å². The van der Waals surface area contributed by atoms with Gasteiger partial charge in [-0.25, -0.2) is 0 Å². The number of carbonyl (C=O) groups excluding carboxylic acids is 1. The molecule has 0 unspecified atom stereocenters. The number of carbonyl (C=O) groups is 1. The minimum atomic E-state index is -0.279. The van der Waals surface area contributed by atoms with Gasteiger partial charge in [0.2, 0.25) is 5.91 Å². The predicted octanol–water partition coefficient (Wildman–Crippen LogP) is 5.26. The molecule has 4 aliphatic rings. The Bertz CT molecular complexity index is 704. The molecule has 5 heteroatoms. The van der Waals surface area contributed by atoms with E-state index in [1.807, 2.05) is 0 Å². The summed E-state index contributed by atoms with van der Waals surface area (Å²) in [6.07, 6.45) is 3.02. The smallest absolute Gasteiger partial charge is 0.230 e. The molecule has 1 amide bonds. The highest BCUT2D eigenvalue weighted by Crippen LogP contribution is 2.82. The van der Waals surface area contributed by atoms with E-state index in [0.717, 1.165) is 32.4 Å². The Balaban J connectivity index is 1.65. The first-order valence-corrected chi connectivity index (χ1v) is 11.3. The summed E-state index contributed by atoms with van der Waals surface area (Å²) in [5, 5.41) is 0. The number of nitrogens with zero attached hydrogens (tertiary/aromatic N) is 1. The Labute approximate surface area is 169 Å². The lowest BCUT2D eigenvalue weighted by molar-refractivity contribution is -0.173. The SMILES string of the molecule is CC1(C)[C@@]2(C(=O)N3CCc4ccccc4C3)CC[C@@]1(C(Br)Br)[C@H]2Br. The summed E-state index contributed by atoms with van der Waals surface area (Å²) in [5.74, 6) is 0.345. The van der Waals surface area contributed by atoms with Crippen LogP contribution in [-0.4, -0.2) is 25.9 Å². The summed E-state index contributed by atoms with van der Waals surface area (Å²) in [4.78, 5) is 16.0. The molecule has 0 radical (unpaired) electrons. The van der Waals surface area contributed by atoms with Gasteiger partial charge in [-0.1, -0.05) is 85.9 Å². The maximum absolute atomic E-state index is 13.6. The van der Waals surface area contributed by atoms with Crippen LogP contribution in [0.2, 0.25) is 0 Å². The lowest BCUT2D eigenvalue weighted by Crippen LogP contribution is -2.72. The van der Waals surface area contributed by atoms with Gasteiger partial charge in [0.1, 0.15) is 0 Å². The second-order valence-corrected chi connectivity index (χ2v) is 12.0. The van der Waals surface area contributed by atoms with Crippen molar-refractivity contribution in [3.8, 4) is 0 Å². The molecule has 0 saturated heterocycles. The third-order valence-electron chi connectivity index (χ3n) is 7.29. The Hall–Kier alpha value is 0.130. The van der Waals surface area contributed by atoms with Crippen molar-refractivity contribution in [2.75, 3.05) is 6.54 Å². The van der Waals surface area contributed by atoms with Crippen molar-refractivity contribution >= 4 is 53.7 Å². The predicted molar refractivity (Wildman–Crippen MR) is 108 cm³/mol. The number of amides is 1. The highest BCUT2D eigenvalue weighted by atomic mass is 79.9. The molecule has 3 saturated carbocycles. The zero-order chi connectivity index (χ0) is 17.3. The van der Waals surface area contributed by atoms with Crippen molar-refractivity contribution in [1.29, 1.82) is 0 Å². The second kappa shape index (κ2) is 5.56. The molecule has 1 aromatic carbocycles. The maximum atomic E-state index is 13.6. The number of benzene rings is 1. The molecule has 0 spiro atoms. The molecule has 3 atom stereocenters. The molecular formula is C19H22Br3NO. The van der Waals surface area contributed by atoms with Crippen molar-refractivity contribution in [1.82, 2.24) is 4.90 Å². The van der Waals surface area contributed by atoms with Gasteiger partial charge in [0, 0.05) is 23.3 Å². The van der Waals surface area contributed by atoms with E-state index in [1.165, 1.54) is 11.1 Å². The van der Waals surface area contributed by atoms with Gasteiger partial charge in [-0.05, 0) is 35.8 Å². The van der Waals surface area contributed by atoms with Crippen LogP contribution in [0.25, 0.3) is 0 Å². The topological polar surface area (TPSA) is 20.3 Å². The van der Waals surface area contributed by atoms with E-state index in [0.29, 0.717) is 5.91 Å². The summed E-state index contributed by atoms with van der Waals surface area (Å²) in [7, 11) is 0. The van der Waals surface area contributed by atoms with Crippen LogP contribution in [0.5, 0.6) is 0 Å². The van der Waals surface area contributed by atoms with E-state index in [2.05, 4.69) is 90.8 Å². The van der Waals surface area contributed by atoms with Crippen LogP contribution >= 0.6 is 47.8 Å². The molecule has 5 rings (SSSR count). The van der Waals surface area contributed by atoms with Gasteiger partial charge in [0.25, 0.3) is 0 Å². The largest absolute Gasteiger partial charge is 0.337 e.